The second-order valence-corrected chi connectivity index (χ2v) is 6.10. The van der Waals surface area contributed by atoms with Crippen LogP contribution in [0.15, 0.2) is 18.2 Å². The van der Waals surface area contributed by atoms with Crippen LogP contribution in [-0.4, -0.2) is 55.7 Å². The van der Waals surface area contributed by atoms with Gasteiger partial charge < -0.3 is 20.1 Å². The normalized spacial score (nSPS) is 21.2. The third-order valence-corrected chi connectivity index (χ3v) is 3.66. The number of hydrogen-bond donors (Lipinski definition) is 2. The molecular weight excluding hydrogens is 310 g/mol. The van der Waals surface area contributed by atoms with E-state index in [2.05, 4.69) is 15.5 Å². The van der Waals surface area contributed by atoms with Crippen LogP contribution in [-0.2, 0) is 14.3 Å². The quantitative estimate of drug-likeness (QED) is 0.856. The minimum atomic E-state index is -0.172. The molecular formula is C17H25N3O4. The van der Waals surface area contributed by atoms with Gasteiger partial charge in [0.2, 0.25) is 11.8 Å². The third-order valence-electron chi connectivity index (χ3n) is 3.66. The predicted molar refractivity (Wildman–Crippen MR) is 92.4 cm³/mol. The standard InChI is InChI=1S/C17H25N3O4/c1-11-8-20(9-12(2)24-11)10-17(22)19-15-7-14(18-13(3)21)5-6-16(15)23-4/h5-7,11-12H,8-10H2,1-4H3,(H,18,21)(H,19,22)/t11-,12+. The van der Waals surface area contributed by atoms with Crippen molar-refractivity contribution in [1.82, 2.24) is 4.90 Å². The van der Waals surface area contributed by atoms with E-state index in [0.29, 0.717) is 17.1 Å². The van der Waals surface area contributed by atoms with Crippen LogP contribution < -0.4 is 15.4 Å². The second-order valence-electron chi connectivity index (χ2n) is 6.10. The summed E-state index contributed by atoms with van der Waals surface area (Å²) in [5, 5.41) is 5.54. The molecule has 1 saturated heterocycles. The molecule has 1 aromatic carbocycles. The van der Waals surface area contributed by atoms with Crippen molar-refractivity contribution >= 4 is 23.2 Å². The Bertz CT molecular complexity index is 595. The van der Waals surface area contributed by atoms with Crippen molar-refractivity contribution in [2.45, 2.75) is 33.0 Å². The summed E-state index contributed by atoms with van der Waals surface area (Å²) in [7, 11) is 1.54. The van der Waals surface area contributed by atoms with Gasteiger partial charge in [-0.1, -0.05) is 0 Å². The molecule has 2 atom stereocenters. The van der Waals surface area contributed by atoms with E-state index >= 15 is 0 Å². The van der Waals surface area contributed by atoms with Crippen molar-refractivity contribution in [3.05, 3.63) is 18.2 Å². The Morgan fingerprint density at radius 3 is 2.50 bits per heavy atom. The van der Waals surface area contributed by atoms with Crippen molar-refractivity contribution < 1.29 is 19.1 Å². The van der Waals surface area contributed by atoms with E-state index < -0.39 is 0 Å². The number of anilines is 2. The van der Waals surface area contributed by atoms with Crippen molar-refractivity contribution in [2.75, 3.05) is 37.4 Å². The number of morpholine rings is 1. The Morgan fingerprint density at radius 2 is 1.92 bits per heavy atom. The van der Waals surface area contributed by atoms with Gasteiger partial charge in [-0.3, -0.25) is 14.5 Å². The molecule has 2 N–H and O–H groups in total. The molecule has 2 rings (SSSR count). The highest BCUT2D eigenvalue weighted by molar-refractivity contribution is 5.95. The zero-order chi connectivity index (χ0) is 17.7. The number of methoxy groups -OCH3 is 1. The number of nitrogens with one attached hydrogen (secondary N) is 2. The van der Waals surface area contributed by atoms with Crippen LogP contribution in [0.25, 0.3) is 0 Å². The van der Waals surface area contributed by atoms with E-state index in [0.717, 1.165) is 13.1 Å². The Kier molecular flexibility index (Phi) is 6.16. The molecule has 1 aromatic rings. The van der Waals surface area contributed by atoms with Crippen molar-refractivity contribution in [1.29, 1.82) is 0 Å². The van der Waals surface area contributed by atoms with Gasteiger partial charge in [0.15, 0.2) is 0 Å². The van der Waals surface area contributed by atoms with Gasteiger partial charge in [0, 0.05) is 25.7 Å². The number of ether oxygens (including phenoxy) is 2. The van der Waals surface area contributed by atoms with Crippen molar-refractivity contribution in [2.24, 2.45) is 0 Å². The van der Waals surface area contributed by atoms with E-state index in [9.17, 15) is 9.59 Å². The smallest absolute Gasteiger partial charge is 0.238 e. The van der Waals surface area contributed by atoms with Crippen molar-refractivity contribution in [3.63, 3.8) is 0 Å². The molecule has 1 fully saturated rings. The molecule has 1 aliphatic rings. The first-order valence-electron chi connectivity index (χ1n) is 8.00. The summed E-state index contributed by atoms with van der Waals surface area (Å²) in [6, 6.07) is 5.11. The third kappa shape index (κ3) is 5.21. The van der Waals surface area contributed by atoms with Gasteiger partial charge in [-0.25, -0.2) is 0 Å². The zero-order valence-corrected chi connectivity index (χ0v) is 14.6. The highest BCUT2D eigenvalue weighted by atomic mass is 16.5. The summed E-state index contributed by atoms with van der Waals surface area (Å²) in [5.41, 5.74) is 1.13. The van der Waals surface area contributed by atoms with E-state index in [1.54, 1.807) is 18.2 Å². The first kappa shape index (κ1) is 18.2. The molecule has 132 valence electrons. The van der Waals surface area contributed by atoms with E-state index in [-0.39, 0.29) is 30.6 Å². The molecule has 0 radical (unpaired) electrons. The second kappa shape index (κ2) is 8.12. The first-order chi connectivity index (χ1) is 11.4. The minimum Gasteiger partial charge on any atom is -0.495 e. The van der Waals surface area contributed by atoms with Crippen LogP contribution in [0.2, 0.25) is 0 Å². The SMILES string of the molecule is COc1ccc(NC(C)=O)cc1NC(=O)CN1C[C@@H](C)O[C@@H](C)C1. The molecule has 2 amide bonds. The fraction of sp³-hybridized carbons (Fsp3) is 0.529. The molecule has 0 spiro atoms. The molecule has 1 aliphatic heterocycles. The first-order valence-corrected chi connectivity index (χ1v) is 8.00. The molecule has 24 heavy (non-hydrogen) atoms. The summed E-state index contributed by atoms with van der Waals surface area (Å²) in [6.45, 7) is 7.16. The summed E-state index contributed by atoms with van der Waals surface area (Å²) < 4.78 is 10.9. The number of carbonyl (C=O) groups is 2. The van der Waals surface area contributed by atoms with Gasteiger partial charge in [-0.15, -0.1) is 0 Å². The molecule has 7 heteroatoms. The van der Waals surface area contributed by atoms with Crippen LogP contribution in [0.5, 0.6) is 5.75 Å². The molecule has 0 bridgehead atoms. The fourth-order valence-corrected chi connectivity index (χ4v) is 2.89. The van der Waals surface area contributed by atoms with Gasteiger partial charge in [0.1, 0.15) is 5.75 Å². The van der Waals surface area contributed by atoms with Gasteiger partial charge in [-0.2, -0.15) is 0 Å². The largest absolute Gasteiger partial charge is 0.495 e. The average molecular weight is 335 g/mol. The van der Waals surface area contributed by atoms with Gasteiger partial charge >= 0.3 is 0 Å². The predicted octanol–water partition coefficient (Wildman–Crippen LogP) is 1.70. The van der Waals surface area contributed by atoms with Crippen LogP contribution in [0.3, 0.4) is 0 Å². The van der Waals surface area contributed by atoms with Gasteiger partial charge in [0.05, 0.1) is 31.5 Å². The molecule has 0 aromatic heterocycles. The lowest BCUT2D eigenvalue weighted by atomic mass is 10.2. The lowest BCUT2D eigenvalue weighted by Crippen LogP contribution is -2.48. The van der Waals surface area contributed by atoms with E-state index in [1.165, 1.54) is 14.0 Å². The summed E-state index contributed by atoms with van der Waals surface area (Å²) in [6.07, 6.45) is 0.221. The van der Waals surface area contributed by atoms with Gasteiger partial charge in [-0.05, 0) is 32.0 Å². The van der Waals surface area contributed by atoms with Gasteiger partial charge in [0.25, 0.3) is 0 Å². The number of carbonyl (C=O) groups excluding carboxylic acids is 2. The Labute approximate surface area is 142 Å². The topological polar surface area (TPSA) is 79.9 Å². The van der Waals surface area contributed by atoms with Crippen LogP contribution in [0.4, 0.5) is 11.4 Å². The fourth-order valence-electron chi connectivity index (χ4n) is 2.89. The summed E-state index contributed by atoms with van der Waals surface area (Å²) >= 11 is 0. The number of rotatable bonds is 5. The maximum Gasteiger partial charge on any atom is 0.238 e. The van der Waals surface area contributed by atoms with Crippen LogP contribution >= 0.6 is 0 Å². The Morgan fingerprint density at radius 1 is 1.25 bits per heavy atom. The number of nitrogens with zero attached hydrogens (tertiary/aromatic N) is 1. The maximum absolute atomic E-state index is 12.4. The lowest BCUT2D eigenvalue weighted by molar-refractivity contribution is -0.121. The van der Waals surface area contributed by atoms with Crippen molar-refractivity contribution in [3.8, 4) is 5.75 Å². The number of benzene rings is 1. The minimum absolute atomic E-state index is 0.110. The van der Waals surface area contributed by atoms with Crippen LogP contribution in [0, 0.1) is 0 Å². The van der Waals surface area contributed by atoms with E-state index in [4.69, 9.17) is 9.47 Å². The highest BCUT2D eigenvalue weighted by Crippen LogP contribution is 2.28. The Hall–Kier alpha value is -2.12. The van der Waals surface area contributed by atoms with E-state index in [1.807, 2.05) is 13.8 Å². The lowest BCUT2D eigenvalue weighted by Gasteiger charge is -2.34. The molecule has 0 aliphatic carbocycles. The number of hydrogen-bond acceptors (Lipinski definition) is 5. The average Bonchev–Trinajstić information content (AvgIpc) is 2.45. The number of amides is 2. The summed E-state index contributed by atoms with van der Waals surface area (Å²) in [5.74, 6) is 0.240. The maximum atomic E-state index is 12.4. The molecule has 1 heterocycles. The Balaban J connectivity index is 2.03. The summed E-state index contributed by atoms with van der Waals surface area (Å²) in [4.78, 5) is 25.6. The zero-order valence-electron chi connectivity index (χ0n) is 14.6. The molecule has 7 nitrogen and oxygen atoms in total. The molecule has 0 saturated carbocycles. The monoisotopic (exact) mass is 335 g/mol. The molecule has 0 unspecified atom stereocenters. The van der Waals surface area contributed by atoms with Crippen LogP contribution in [0.1, 0.15) is 20.8 Å². The highest BCUT2D eigenvalue weighted by Gasteiger charge is 2.24.